The van der Waals surface area contributed by atoms with E-state index in [1.54, 1.807) is 7.11 Å². The maximum atomic E-state index is 12.2. The number of ether oxygens (including phenoxy) is 1. The minimum Gasteiger partial charge on any atom is -0.497 e. The van der Waals surface area contributed by atoms with Crippen LogP contribution in [-0.4, -0.2) is 36.8 Å². The predicted octanol–water partition coefficient (Wildman–Crippen LogP) is 2.73. The van der Waals surface area contributed by atoms with Gasteiger partial charge in [0.1, 0.15) is 11.8 Å². The first kappa shape index (κ1) is 19.3. The van der Waals surface area contributed by atoms with Gasteiger partial charge >= 0.3 is 0 Å². The number of anilines is 1. The normalized spacial score (nSPS) is 20.5. The molecular formula is C18H30N2O3. The highest BCUT2D eigenvalue weighted by molar-refractivity contribution is 5.85. The van der Waals surface area contributed by atoms with Gasteiger partial charge in [-0.2, -0.15) is 0 Å². The molecule has 1 aromatic rings. The van der Waals surface area contributed by atoms with Crippen molar-refractivity contribution in [2.45, 2.75) is 58.5 Å². The summed E-state index contributed by atoms with van der Waals surface area (Å²) in [5.41, 5.74) is 2.15. The molecule has 0 saturated heterocycles. The van der Waals surface area contributed by atoms with Crippen molar-refractivity contribution >= 4 is 11.6 Å². The number of nitrogens with one attached hydrogen (secondary N) is 2. The van der Waals surface area contributed by atoms with Gasteiger partial charge in [0.2, 0.25) is 5.91 Å². The minimum atomic E-state index is -0.285. The van der Waals surface area contributed by atoms with Gasteiger partial charge in [0.15, 0.2) is 0 Å². The fourth-order valence-electron chi connectivity index (χ4n) is 2.63. The van der Waals surface area contributed by atoms with Crippen LogP contribution < -0.4 is 15.4 Å². The Kier molecular flexibility index (Phi) is 8.48. The van der Waals surface area contributed by atoms with Crippen LogP contribution in [0.3, 0.4) is 0 Å². The van der Waals surface area contributed by atoms with E-state index in [1.807, 2.05) is 39.0 Å². The minimum absolute atomic E-state index is 0.00149. The van der Waals surface area contributed by atoms with E-state index in [-0.39, 0.29) is 24.6 Å². The first-order valence-electron chi connectivity index (χ1n) is 8.48. The second-order valence-electron chi connectivity index (χ2n) is 5.50. The third kappa shape index (κ3) is 5.75. The van der Waals surface area contributed by atoms with Crippen LogP contribution in [0.1, 0.15) is 45.6 Å². The van der Waals surface area contributed by atoms with E-state index in [4.69, 9.17) is 9.84 Å². The molecule has 5 heteroatoms. The number of benzene rings is 1. The summed E-state index contributed by atoms with van der Waals surface area (Å²) >= 11 is 0. The molecule has 0 radical (unpaired) electrons. The average Bonchev–Trinajstić information content (AvgIpc) is 2.64. The van der Waals surface area contributed by atoms with Crippen LogP contribution in [0.25, 0.3) is 0 Å². The summed E-state index contributed by atoms with van der Waals surface area (Å²) in [7, 11) is 1.65. The largest absolute Gasteiger partial charge is 0.497 e. The highest BCUT2D eigenvalue weighted by Crippen LogP contribution is 2.26. The molecule has 130 valence electrons. The molecule has 0 fully saturated rings. The summed E-state index contributed by atoms with van der Waals surface area (Å²) in [5.74, 6) is 0.829. The predicted molar refractivity (Wildman–Crippen MR) is 94.0 cm³/mol. The number of hydrogen-bond donors (Lipinski definition) is 3. The Morgan fingerprint density at radius 2 is 2.04 bits per heavy atom. The summed E-state index contributed by atoms with van der Waals surface area (Å²) in [4.78, 5) is 12.2. The maximum Gasteiger partial charge on any atom is 0.242 e. The standard InChI is InChI=1S/C16H24N2O3.C2H6/c1-11-16(20)18-13(4-3-9-19)6-5-12-10-14(21-2)7-8-15(12)17-11;1-2/h7-8,10-11,13,17,19H,3-6,9H2,1-2H3,(H,18,20);1-2H3. The molecule has 1 heterocycles. The Hall–Kier alpha value is -1.75. The summed E-state index contributed by atoms with van der Waals surface area (Å²) in [6.45, 7) is 6.02. The van der Waals surface area contributed by atoms with Crippen LogP contribution in [0.5, 0.6) is 5.75 Å². The van der Waals surface area contributed by atoms with Gasteiger partial charge in [-0.1, -0.05) is 13.8 Å². The highest BCUT2D eigenvalue weighted by atomic mass is 16.5. The molecule has 2 rings (SSSR count). The summed E-state index contributed by atoms with van der Waals surface area (Å²) in [5, 5.41) is 15.3. The monoisotopic (exact) mass is 322 g/mol. The Balaban J connectivity index is 0.00000127. The number of amides is 1. The number of aliphatic hydroxyl groups is 1. The summed E-state index contributed by atoms with van der Waals surface area (Å²) in [6, 6.07) is 5.70. The number of methoxy groups -OCH3 is 1. The van der Waals surface area contributed by atoms with E-state index in [0.717, 1.165) is 36.3 Å². The highest BCUT2D eigenvalue weighted by Gasteiger charge is 2.21. The molecule has 1 aliphatic heterocycles. The lowest BCUT2D eigenvalue weighted by atomic mass is 10.0. The second-order valence-corrected chi connectivity index (χ2v) is 5.50. The molecule has 0 aromatic heterocycles. The van der Waals surface area contributed by atoms with Gasteiger partial charge in [-0.05, 0) is 56.4 Å². The molecule has 1 aliphatic rings. The van der Waals surface area contributed by atoms with E-state index >= 15 is 0 Å². The average molecular weight is 322 g/mol. The lowest BCUT2D eigenvalue weighted by Gasteiger charge is -2.19. The lowest BCUT2D eigenvalue weighted by Crippen LogP contribution is -2.42. The van der Waals surface area contributed by atoms with Crippen molar-refractivity contribution in [3.63, 3.8) is 0 Å². The Morgan fingerprint density at radius 3 is 2.70 bits per heavy atom. The number of aliphatic hydroxyl groups excluding tert-OH is 1. The van der Waals surface area contributed by atoms with Crippen LogP contribution in [0.15, 0.2) is 18.2 Å². The van der Waals surface area contributed by atoms with Crippen molar-refractivity contribution in [1.29, 1.82) is 0 Å². The number of carbonyl (C=O) groups excluding carboxylic acids is 1. The number of aryl methyl sites for hydroxylation is 1. The lowest BCUT2D eigenvalue weighted by molar-refractivity contribution is -0.122. The molecule has 3 N–H and O–H groups in total. The van der Waals surface area contributed by atoms with Crippen molar-refractivity contribution in [1.82, 2.24) is 5.32 Å². The molecule has 0 aliphatic carbocycles. The molecule has 1 amide bonds. The molecule has 0 spiro atoms. The zero-order chi connectivity index (χ0) is 17.2. The van der Waals surface area contributed by atoms with Crippen LogP contribution in [-0.2, 0) is 11.2 Å². The zero-order valence-corrected chi connectivity index (χ0v) is 14.7. The van der Waals surface area contributed by atoms with Gasteiger partial charge in [0.05, 0.1) is 7.11 Å². The summed E-state index contributed by atoms with van der Waals surface area (Å²) in [6.07, 6.45) is 3.23. The van der Waals surface area contributed by atoms with Gasteiger partial charge in [0.25, 0.3) is 0 Å². The molecule has 23 heavy (non-hydrogen) atoms. The number of hydrogen-bond acceptors (Lipinski definition) is 4. The number of rotatable bonds is 4. The van der Waals surface area contributed by atoms with E-state index in [0.29, 0.717) is 6.42 Å². The van der Waals surface area contributed by atoms with Gasteiger partial charge in [-0.3, -0.25) is 4.79 Å². The number of fused-ring (bicyclic) bond motifs is 1. The van der Waals surface area contributed by atoms with E-state index in [9.17, 15) is 4.79 Å². The third-order valence-corrected chi connectivity index (χ3v) is 3.90. The van der Waals surface area contributed by atoms with E-state index in [1.165, 1.54) is 0 Å². The second kappa shape index (κ2) is 10.1. The first-order valence-corrected chi connectivity index (χ1v) is 8.48. The van der Waals surface area contributed by atoms with Crippen LogP contribution in [0.2, 0.25) is 0 Å². The topological polar surface area (TPSA) is 70.6 Å². The van der Waals surface area contributed by atoms with Gasteiger partial charge in [0, 0.05) is 18.3 Å². The molecule has 5 nitrogen and oxygen atoms in total. The quantitative estimate of drug-likeness (QED) is 0.797. The summed E-state index contributed by atoms with van der Waals surface area (Å²) < 4.78 is 5.28. The SMILES string of the molecule is CC.COc1ccc2c(c1)CCC(CCCO)NC(=O)C(C)N2. The van der Waals surface area contributed by atoms with Crippen LogP contribution >= 0.6 is 0 Å². The van der Waals surface area contributed by atoms with Crippen LogP contribution in [0, 0.1) is 0 Å². The number of carbonyl (C=O) groups is 1. The zero-order valence-electron chi connectivity index (χ0n) is 14.7. The van der Waals surface area contributed by atoms with Crippen molar-refractivity contribution in [3.05, 3.63) is 23.8 Å². The van der Waals surface area contributed by atoms with Crippen molar-refractivity contribution < 1.29 is 14.6 Å². The Morgan fingerprint density at radius 1 is 1.30 bits per heavy atom. The molecule has 2 unspecified atom stereocenters. The third-order valence-electron chi connectivity index (χ3n) is 3.90. The Bertz CT molecular complexity index is 491. The molecule has 0 bridgehead atoms. The van der Waals surface area contributed by atoms with Crippen LogP contribution in [0.4, 0.5) is 5.69 Å². The van der Waals surface area contributed by atoms with Crippen molar-refractivity contribution in [2.75, 3.05) is 19.0 Å². The van der Waals surface area contributed by atoms with Crippen molar-refractivity contribution in [3.8, 4) is 5.75 Å². The van der Waals surface area contributed by atoms with E-state index < -0.39 is 0 Å². The molecule has 1 aromatic carbocycles. The van der Waals surface area contributed by atoms with Gasteiger partial charge < -0.3 is 20.5 Å². The van der Waals surface area contributed by atoms with Crippen molar-refractivity contribution in [2.24, 2.45) is 0 Å². The molecule has 2 atom stereocenters. The smallest absolute Gasteiger partial charge is 0.242 e. The fraction of sp³-hybridized carbons (Fsp3) is 0.611. The Labute approximate surface area is 139 Å². The van der Waals surface area contributed by atoms with E-state index in [2.05, 4.69) is 10.6 Å². The van der Waals surface area contributed by atoms with Gasteiger partial charge in [-0.25, -0.2) is 0 Å². The molecular weight excluding hydrogens is 292 g/mol. The first-order chi connectivity index (χ1) is 11.1. The maximum absolute atomic E-state index is 12.2. The molecule has 0 saturated carbocycles. The fourth-order valence-corrected chi connectivity index (χ4v) is 2.63. The van der Waals surface area contributed by atoms with Gasteiger partial charge in [-0.15, -0.1) is 0 Å².